The van der Waals surface area contributed by atoms with Crippen LogP contribution in [0.5, 0.6) is 5.75 Å². The quantitative estimate of drug-likeness (QED) is 0.813. The Balaban J connectivity index is 1.68. The fourth-order valence-electron chi connectivity index (χ4n) is 3.10. The molecule has 1 saturated heterocycles. The summed E-state index contributed by atoms with van der Waals surface area (Å²) in [6.07, 6.45) is 0.0778. The molecule has 1 aromatic heterocycles. The number of benzene rings is 1. The van der Waals surface area contributed by atoms with Crippen LogP contribution in [0, 0.1) is 0 Å². The van der Waals surface area contributed by atoms with Gasteiger partial charge in [0, 0.05) is 18.7 Å². The third kappa shape index (κ3) is 4.19. The third-order valence-corrected chi connectivity index (χ3v) is 4.21. The van der Waals surface area contributed by atoms with Crippen LogP contribution in [0.1, 0.15) is 49.9 Å². The summed E-state index contributed by atoms with van der Waals surface area (Å²) in [7, 11) is 0. The van der Waals surface area contributed by atoms with Gasteiger partial charge in [0.15, 0.2) is 5.82 Å². The average Bonchev–Trinajstić information content (AvgIpc) is 3.07. The second-order valence-corrected chi connectivity index (χ2v) is 6.92. The van der Waals surface area contributed by atoms with Gasteiger partial charge in [0.2, 0.25) is 0 Å². The van der Waals surface area contributed by atoms with Crippen molar-refractivity contribution in [2.45, 2.75) is 52.6 Å². The summed E-state index contributed by atoms with van der Waals surface area (Å²) in [5.74, 6) is 1.25. The maximum atomic E-state index is 12.8. The number of aromatic nitrogens is 4. The zero-order valence-corrected chi connectivity index (χ0v) is 15.6. The molecule has 1 fully saturated rings. The van der Waals surface area contributed by atoms with Gasteiger partial charge in [-0.25, -0.2) is 4.68 Å². The van der Waals surface area contributed by atoms with Crippen LogP contribution in [0.2, 0.25) is 0 Å². The second kappa shape index (κ2) is 7.82. The van der Waals surface area contributed by atoms with Crippen LogP contribution in [0.4, 0.5) is 0 Å². The monoisotopic (exact) mass is 359 g/mol. The number of amides is 1. The normalized spacial score (nSPS) is 20.4. The highest BCUT2D eigenvalue weighted by molar-refractivity contribution is 5.94. The van der Waals surface area contributed by atoms with E-state index in [0.29, 0.717) is 30.2 Å². The number of hydrogen-bond donors (Lipinski definition) is 0. The molecule has 1 aliphatic rings. The molecule has 8 nitrogen and oxygen atoms in total. The van der Waals surface area contributed by atoms with Crippen molar-refractivity contribution in [3.63, 3.8) is 0 Å². The van der Waals surface area contributed by atoms with E-state index in [1.54, 1.807) is 16.8 Å². The third-order valence-electron chi connectivity index (χ3n) is 4.21. The van der Waals surface area contributed by atoms with Crippen molar-refractivity contribution in [3.8, 4) is 5.75 Å². The SMILES string of the molecule is CC1CN(C(=O)c2cccc(OCc3nnnn3C(C)C)c2)CC(C)O1. The van der Waals surface area contributed by atoms with Gasteiger partial charge in [-0.3, -0.25) is 4.79 Å². The van der Waals surface area contributed by atoms with Crippen LogP contribution >= 0.6 is 0 Å². The van der Waals surface area contributed by atoms with Crippen molar-refractivity contribution >= 4 is 5.91 Å². The van der Waals surface area contributed by atoms with Gasteiger partial charge in [0.1, 0.15) is 12.4 Å². The topological polar surface area (TPSA) is 82.4 Å². The number of morpholine rings is 1. The summed E-state index contributed by atoms with van der Waals surface area (Å²) in [4.78, 5) is 14.6. The molecule has 1 amide bonds. The maximum Gasteiger partial charge on any atom is 0.254 e. The van der Waals surface area contributed by atoms with Crippen molar-refractivity contribution in [3.05, 3.63) is 35.7 Å². The molecule has 140 valence electrons. The predicted molar refractivity (Wildman–Crippen MR) is 94.9 cm³/mol. The Labute approximate surface area is 153 Å². The Morgan fingerprint density at radius 1 is 1.31 bits per heavy atom. The Kier molecular flexibility index (Phi) is 5.51. The number of hydrogen-bond acceptors (Lipinski definition) is 6. The van der Waals surface area contributed by atoms with E-state index in [2.05, 4.69) is 15.5 Å². The average molecular weight is 359 g/mol. The number of nitrogens with zero attached hydrogens (tertiary/aromatic N) is 5. The van der Waals surface area contributed by atoms with E-state index >= 15 is 0 Å². The zero-order valence-electron chi connectivity index (χ0n) is 15.6. The minimum Gasteiger partial charge on any atom is -0.486 e. The highest BCUT2D eigenvalue weighted by Crippen LogP contribution is 2.19. The molecule has 26 heavy (non-hydrogen) atoms. The molecule has 0 aliphatic carbocycles. The summed E-state index contributed by atoms with van der Waals surface area (Å²) in [5, 5.41) is 11.6. The molecule has 0 saturated carbocycles. The lowest BCUT2D eigenvalue weighted by Crippen LogP contribution is -2.48. The van der Waals surface area contributed by atoms with E-state index in [0.717, 1.165) is 0 Å². The van der Waals surface area contributed by atoms with E-state index < -0.39 is 0 Å². The van der Waals surface area contributed by atoms with Crippen LogP contribution in [0.15, 0.2) is 24.3 Å². The molecule has 2 aromatic rings. The van der Waals surface area contributed by atoms with E-state index in [9.17, 15) is 4.79 Å². The largest absolute Gasteiger partial charge is 0.486 e. The lowest BCUT2D eigenvalue weighted by atomic mass is 10.1. The summed E-state index contributed by atoms with van der Waals surface area (Å²) in [5.41, 5.74) is 0.604. The highest BCUT2D eigenvalue weighted by atomic mass is 16.5. The van der Waals surface area contributed by atoms with Crippen LogP contribution in [0.3, 0.4) is 0 Å². The maximum absolute atomic E-state index is 12.8. The number of carbonyl (C=O) groups excluding carboxylic acids is 1. The van der Waals surface area contributed by atoms with Gasteiger partial charge in [-0.1, -0.05) is 6.07 Å². The van der Waals surface area contributed by atoms with Gasteiger partial charge in [0.05, 0.1) is 18.2 Å². The molecule has 0 spiro atoms. The van der Waals surface area contributed by atoms with Gasteiger partial charge in [0.25, 0.3) is 5.91 Å². The van der Waals surface area contributed by atoms with E-state index in [4.69, 9.17) is 9.47 Å². The van der Waals surface area contributed by atoms with E-state index in [1.165, 1.54) is 0 Å². The van der Waals surface area contributed by atoms with Crippen molar-refractivity contribution < 1.29 is 14.3 Å². The standard InChI is InChI=1S/C18H25N5O3/c1-12(2)23-17(19-20-21-23)11-25-16-7-5-6-15(8-16)18(24)22-9-13(3)26-14(4)10-22/h5-8,12-14H,9-11H2,1-4H3. The molecular formula is C18H25N5O3. The van der Waals surface area contributed by atoms with Crippen LogP contribution in [0.25, 0.3) is 0 Å². The van der Waals surface area contributed by atoms with Crippen molar-refractivity contribution in [2.75, 3.05) is 13.1 Å². The minimum atomic E-state index is -0.00976. The van der Waals surface area contributed by atoms with E-state index in [1.807, 2.05) is 44.7 Å². The molecule has 2 unspecified atom stereocenters. The molecule has 2 atom stereocenters. The molecule has 3 rings (SSSR count). The molecule has 0 radical (unpaired) electrons. The second-order valence-electron chi connectivity index (χ2n) is 6.92. The zero-order chi connectivity index (χ0) is 18.7. The number of carbonyl (C=O) groups is 1. The lowest BCUT2D eigenvalue weighted by molar-refractivity contribution is -0.0586. The van der Waals surface area contributed by atoms with Gasteiger partial charge in [-0.15, -0.1) is 5.10 Å². The minimum absolute atomic E-state index is 0.00976. The first-order chi connectivity index (χ1) is 12.4. The lowest BCUT2D eigenvalue weighted by Gasteiger charge is -2.35. The smallest absolute Gasteiger partial charge is 0.254 e. The summed E-state index contributed by atoms with van der Waals surface area (Å²) in [6, 6.07) is 7.36. The molecular weight excluding hydrogens is 334 g/mol. The fourth-order valence-corrected chi connectivity index (χ4v) is 3.10. The number of ether oxygens (including phenoxy) is 2. The molecule has 0 bridgehead atoms. The first-order valence-corrected chi connectivity index (χ1v) is 8.88. The molecule has 8 heteroatoms. The summed E-state index contributed by atoms with van der Waals surface area (Å²) in [6.45, 7) is 9.40. The Morgan fingerprint density at radius 3 is 2.73 bits per heavy atom. The van der Waals surface area contributed by atoms with Crippen LogP contribution in [-0.4, -0.2) is 56.3 Å². The molecule has 1 aliphatic heterocycles. The van der Waals surface area contributed by atoms with Crippen molar-refractivity contribution in [1.29, 1.82) is 0 Å². The van der Waals surface area contributed by atoms with Crippen LogP contribution in [-0.2, 0) is 11.3 Å². The van der Waals surface area contributed by atoms with Gasteiger partial charge in [-0.05, 0) is 56.3 Å². The van der Waals surface area contributed by atoms with Gasteiger partial charge >= 0.3 is 0 Å². The Morgan fingerprint density at radius 2 is 2.04 bits per heavy atom. The fraction of sp³-hybridized carbons (Fsp3) is 0.556. The van der Waals surface area contributed by atoms with E-state index in [-0.39, 0.29) is 30.8 Å². The number of tetrazole rings is 1. The molecule has 0 N–H and O–H groups in total. The van der Waals surface area contributed by atoms with Gasteiger partial charge < -0.3 is 14.4 Å². The molecule has 2 heterocycles. The first kappa shape index (κ1) is 18.3. The van der Waals surface area contributed by atoms with Crippen LogP contribution < -0.4 is 4.74 Å². The summed E-state index contributed by atoms with van der Waals surface area (Å²) >= 11 is 0. The molecule has 1 aromatic carbocycles. The Bertz CT molecular complexity index is 751. The van der Waals surface area contributed by atoms with Gasteiger partial charge in [-0.2, -0.15) is 0 Å². The number of rotatable bonds is 5. The Hall–Kier alpha value is -2.48. The first-order valence-electron chi connectivity index (χ1n) is 8.88. The summed E-state index contributed by atoms with van der Waals surface area (Å²) < 4.78 is 13.2. The predicted octanol–water partition coefficient (Wildman–Crippen LogP) is 2.08. The van der Waals surface area contributed by atoms with Crippen molar-refractivity contribution in [1.82, 2.24) is 25.1 Å². The highest BCUT2D eigenvalue weighted by Gasteiger charge is 2.26. The van der Waals surface area contributed by atoms with Crippen molar-refractivity contribution in [2.24, 2.45) is 0 Å².